The molecule has 1 aromatic carbocycles. The molecule has 1 aliphatic rings. The minimum absolute atomic E-state index is 0.276. The van der Waals surface area contributed by atoms with Gasteiger partial charge in [-0.25, -0.2) is 0 Å². The van der Waals surface area contributed by atoms with Crippen molar-refractivity contribution in [2.75, 3.05) is 6.61 Å². The van der Waals surface area contributed by atoms with Crippen LogP contribution < -0.4 is 5.32 Å². The molecule has 2 rings (SSSR count). The van der Waals surface area contributed by atoms with Crippen molar-refractivity contribution in [1.82, 2.24) is 5.32 Å². The predicted octanol–water partition coefficient (Wildman–Crippen LogP) is 3.26. The fourth-order valence-electron chi connectivity index (χ4n) is 1.93. The molecule has 0 radical (unpaired) electrons. The predicted molar refractivity (Wildman–Crippen MR) is 67.1 cm³/mol. The summed E-state index contributed by atoms with van der Waals surface area (Å²) in [4.78, 5) is 0. The molecule has 2 atom stereocenters. The van der Waals surface area contributed by atoms with Crippen LogP contribution in [0.4, 0.5) is 0 Å². The SMILES string of the molecule is CC1OCCC1NCc1cccc(Cl)c1Cl. The first-order valence-corrected chi connectivity index (χ1v) is 6.22. The second-order valence-corrected chi connectivity index (χ2v) is 4.85. The maximum atomic E-state index is 6.11. The summed E-state index contributed by atoms with van der Waals surface area (Å²) in [6.07, 6.45) is 1.33. The number of halogens is 2. The highest BCUT2D eigenvalue weighted by Crippen LogP contribution is 2.25. The molecule has 1 N–H and O–H groups in total. The van der Waals surface area contributed by atoms with Crippen molar-refractivity contribution in [3.05, 3.63) is 33.8 Å². The first-order chi connectivity index (χ1) is 7.68. The Labute approximate surface area is 106 Å². The molecular weight excluding hydrogens is 245 g/mol. The summed E-state index contributed by atoms with van der Waals surface area (Å²) in [5.41, 5.74) is 1.04. The Morgan fingerprint density at radius 3 is 2.94 bits per heavy atom. The molecule has 1 saturated heterocycles. The zero-order chi connectivity index (χ0) is 11.5. The summed E-state index contributed by atoms with van der Waals surface area (Å²) in [5, 5.41) is 4.70. The van der Waals surface area contributed by atoms with E-state index in [1.165, 1.54) is 0 Å². The third-order valence-corrected chi connectivity index (χ3v) is 3.82. The van der Waals surface area contributed by atoms with E-state index in [2.05, 4.69) is 12.2 Å². The van der Waals surface area contributed by atoms with Gasteiger partial charge in [-0.2, -0.15) is 0 Å². The van der Waals surface area contributed by atoms with Crippen LogP contribution in [0.3, 0.4) is 0 Å². The van der Waals surface area contributed by atoms with Gasteiger partial charge in [0.2, 0.25) is 0 Å². The van der Waals surface area contributed by atoms with Gasteiger partial charge in [-0.3, -0.25) is 0 Å². The quantitative estimate of drug-likeness (QED) is 0.900. The fraction of sp³-hybridized carbons (Fsp3) is 0.500. The minimum atomic E-state index is 0.276. The number of hydrogen-bond acceptors (Lipinski definition) is 2. The monoisotopic (exact) mass is 259 g/mol. The van der Waals surface area contributed by atoms with Crippen LogP contribution >= 0.6 is 23.2 Å². The Morgan fingerprint density at radius 1 is 1.44 bits per heavy atom. The van der Waals surface area contributed by atoms with Crippen molar-refractivity contribution >= 4 is 23.2 Å². The van der Waals surface area contributed by atoms with Gasteiger partial charge in [0.1, 0.15) is 0 Å². The molecule has 1 heterocycles. The minimum Gasteiger partial charge on any atom is -0.377 e. The summed E-state index contributed by atoms with van der Waals surface area (Å²) in [6, 6.07) is 6.12. The molecule has 0 spiro atoms. The molecule has 0 saturated carbocycles. The van der Waals surface area contributed by atoms with Gasteiger partial charge < -0.3 is 10.1 Å². The van der Waals surface area contributed by atoms with E-state index in [1.807, 2.05) is 12.1 Å². The molecule has 1 aliphatic heterocycles. The van der Waals surface area contributed by atoms with Crippen LogP contribution in [-0.4, -0.2) is 18.8 Å². The van der Waals surface area contributed by atoms with E-state index in [0.717, 1.165) is 25.1 Å². The molecule has 0 bridgehead atoms. The van der Waals surface area contributed by atoms with Crippen LogP contribution in [0.2, 0.25) is 10.0 Å². The third kappa shape index (κ3) is 2.69. The van der Waals surface area contributed by atoms with Crippen LogP contribution in [0, 0.1) is 0 Å². The summed E-state index contributed by atoms with van der Waals surface area (Å²) >= 11 is 12.1. The molecule has 0 aliphatic carbocycles. The van der Waals surface area contributed by atoms with Crippen molar-refractivity contribution in [2.45, 2.75) is 32.0 Å². The average Bonchev–Trinajstić information content (AvgIpc) is 2.67. The number of rotatable bonds is 3. The zero-order valence-electron chi connectivity index (χ0n) is 9.17. The molecular formula is C12H15Cl2NO. The standard InChI is InChI=1S/C12H15Cl2NO/c1-8-11(5-6-16-8)15-7-9-3-2-4-10(13)12(9)14/h2-4,8,11,15H,5-7H2,1H3. The molecule has 0 aromatic heterocycles. The van der Waals surface area contributed by atoms with Crippen molar-refractivity contribution in [3.8, 4) is 0 Å². The van der Waals surface area contributed by atoms with E-state index in [-0.39, 0.29) is 6.10 Å². The Bertz CT molecular complexity index is 370. The number of benzene rings is 1. The van der Waals surface area contributed by atoms with Gasteiger partial charge >= 0.3 is 0 Å². The smallest absolute Gasteiger partial charge is 0.0700 e. The van der Waals surface area contributed by atoms with E-state index < -0.39 is 0 Å². The van der Waals surface area contributed by atoms with Crippen molar-refractivity contribution in [1.29, 1.82) is 0 Å². The van der Waals surface area contributed by atoms with Gasteiger partial charge in [0.15, 0.2) is 0 Å². The molecule has 1 aromatic rings. The fourth-order valence-corrected chi connectivity index (χ4v) is 2.31. The van der Waals surface area contributed by atoms with E-state index in [1.54, 1.807) is 6.07 Å². The van der Waals surface area contributed by atoms with Crippen LogP contribution in [0.5, 0.6) is 0 Å². The Kier molecular flexibility index (Phi) is 4.09. The maximum Gasteiger partial charge on any atom is 0.0700 e. The molecule has 2 unspecified atom stereocenters. The van der Waals surface area contributed by atoms with Crippen LogP contribution in [0.1, 0.15) is 18.9 Å². The lowest BCUT2D eigenvalue weighted by Crippen LogP contribution is -2.34. The lowest BCUT2D eigenvalue weighted by atomic mass is 10.1. The van der Waals surface area contributed by atoms with Crippen LogP contribution in [0.15, 0.2) is 18.2 Å². The molecule has 88 valence electrons. The highest BCUT2D eigenvalue weighted by Gasteiger charge is 2.23. The average molecular weight is 260 g/mol. The highest BCUT2D eigenvalue weighted by atomic mass is 35.5. The van der Waals surface area contributed by atoms with Gasteiger partial charge in [0, 0.05) is 19.2 Å². The largest absolute Gasteiger partial charge is 0.377 e. The van der Waals surface area contributed by atoms with Gasteiger partial charge in [0.05, 0.1) is 16.1 Å². The van der Waals surface area contributed by atoms with E-state index in [0.29, 0.717) is 16.1 Å². The zero-order valence-corrected chi connectivity index (χ0v) is 10.7. The molecule has 2 nitrogen and oxygen atoms in total. The normalized spacial score (nSPS) is 24.9. The second kappa shape index (κ2) is 5.37. The van der Waals surface area contributed by atoms with E-state index in [4.69, 9.17) is 27.9 Å². The van der Waals surface area contributed by atoms with Gasteiger partial charge in [0.25, 0.3) is 0 Å². The highest BCUT2D eigenvalue weighted by molar-refractivity contribution is 6.42. The maximum absolute atomic E-state index is 6.11. The Hall–Kier alpha value is -0.280. The lowest BCUT2D eigenvalue weighted by Gasteiger charge is -2.16. The van der Waals surface area contributed by atoms with Crippen LogP contribution in [0.25, 0.3) is 0 Å². The first kappa shape index (κ1) is 12.2. The lowest BCUT2D eigenvalue weighted by molar-refractivity contribution is 0.113. The van der Waals surface area contributed by atoms with Crippen molar-refractivity contribution in [2.24, 2.45) is 0 Å². The summed E-state index contributed by atoms with van der Waals surface area (Å²) in [7, 11) is 0. The third-order valence-electron chi connectivity index (χ3n) is 2.96. The van der Waals surface area contributed by atoms with E-state index in [9.17, 15) is 0 Å². The van der Waals surface area contributed by atoms with Crippen LogP contribution in [-0.2, 0) is 11.3 Å². The molecule has 16 heavy (non-hydrogen) atoms. The molecule has 1 fully saturated rings. The first-order valence-electron chi connectivity index (χ1n) is 5.46. The van der Waals surface area contributed by atoms with Gasteiger partial charge in [-0.15, -0.1) is 0 Å². The Balaban J connectivity index is 1.96. The Morgan fingerprint density at radius 2 is 2.25 bits per heavy atom. The number of hydrogen-bond donors (Lipinski definition) is 1. The number of nitrogens with one attached hydrogen (secondary N) is 1. The number of ether oxygens (including phenoxy) is 1. The summed E-state index contributed by atoms with van der Waals surface area (Å²) < 4.78 is 5.49. The van der Waals surface area contributed by atoms with Gasteiger partial charge in [-0.05, 0) is 25.0 Å². The van der Waals surface area contributed by atoms with E-state index >= 15 is 0 Å². The van der Waals surface area contributed by atoms with Crippen molar-refractivity contribution < 1.29 is 4.74 Å². The summed E-state index contributed by atoms with van der Waals surface area (Å²) in [5.74, 6) is 0. The van der Waals surface area contributed by atoms with Crippen molar-refractivity contribution in [3.63, 3.8) is 0 Å². The van der Waals surface area contributed by atoms with Gasteiger partial charge in [-0.1, -0.05) is 35.3 Å². The molecule has 4 heteroatoms. The topological polar surface area (TPSA) is 21.3 Å². The second-order valence-electron chi connectivity index (χ2n) is 4.06. The molecule has 0 amide bonds. The summed E-state index contributed by atoms with van der Waals surface area (Å²) in [6.45, 7) is 3.66.